The van der Waals surface area contributed by atoms with E-state index in [9.17, 15) is 0 Å². The number of rotatable bonds is 3. The molecule has 0 N–H and O–H groups in total. The lowest BCUT2D eigenvalue weighted by Crippen LogP contribution is -1.99. The summed E-state index contributed by atoms with van der Waals surface area (Å²) < 4.78 is 2.48. The monoisotopic (exact) mass is 413 g/mol. The van der Waals surface area contributed by atoms with Crippen molar-refractivity contribution in [2.45, 2.75) is 18.7 Å². The van der Waals surface area contributed by atoms with Crippen LogP contribution in [0.3, 0.4) is 0 Å². The van der Waals surface area contributed by atoms with Crippen LogP contribution in [0.15, 0.2) is 42.5 Å². The van der Waals surface area contributed by atoms with Crippen LogP contribution in [0.1, 0.15) is 21.5 Å². The highest BCUT2D eigenvalue weighted by molar-refractivity contribution is 14.1. The number of halogens is 2. The molecule has 1 atom stereocenters. The fraction of sp³-hybridized carbons (Fsp3) is 0.188. The van der Waals surface area contributed by atoms with Gasteiger partial charge in [-0.25, -0.2) is 4.98 Å². The third-order valence-corrected chi connectivity index (χ3v) is 6.17. The van der Waals surface area contributed by atoms with Gasteiger partial charge in [-0.2, -0.15) is 0 Å². The van der Waals surface area contributed by atoms with Gasteiger partial charge in [0.05, 0.1) is 20.6 Å². The molecule has 4 heteroatoms. The number of aromatic nitrogens is 1. The lowest BCUT2D eigenvalue weighted by molar-refractivity contribution is 0.903. The van der Waals surface area contributed by atoms with E-state index in [4.69, 9.17) is 11.6 Å². The van der Waals surface area contributed by atoms with Gasteiger partial charge in [0.1, 0.15) is 0 Å². The van der Waals surface area contributed by atoms with E-state index < -0.39 is 0 Å². The largest absolute Gasteiger partial charge is 0.241 e. The van der Waals surface area contributed by atoms with Crippen molar-refractivity contribution < 1.29 is 0 Å². The van der Waals surface area contributed by atoms with Gasteiger partial charge < -0.3 is 0 Å². The fourth-order valence-corrected chi connectivity index (χ4v) is 4.53. The molecule has 0 saturated heterocycles. The smallest absolute Gasteiger partial charge is 0.0956 e. The first kappa shape index (κ1) is 14.3. The van der Waals surface area contributed by atoms with Crippen molar-refractivity contribution in [3.05, 3.63) is 62.2 Å². The minimum absolute atomic E-state index is 0.0256. The zero-order valence-electron chi connectivity index (χ0n) is 10.9. The molecule has 102 valence electrons. The van der Waals surface area contributed by atoms with Crippen LogP contribution in [0.25, 0.3) is 10.2 Å². The first-order valence-corrected chi connectivity index (χ1v) is 8.72. The first-order chi connectivity index (χ1) is 9.65. The molecule has 0 aliphatic carbocycles. The van der Waals surface area contributed by atoms with Gasteiger partial charge >= 0.3 is 0 Å². The van der Waals surface area contributed by atoms with Crippen LogP contribution in [0, 0.1) is 10.5 Å². The number of benzene rings is 2. The fourth-order valence-electron chi connectivity index (χ4n) is 2.18. The van der Waals surface area contributed by atoms with Crippen LogP contribution in [0.2, 0.25) is 0 Å². The van der Waals surface area contributed by atoms with Crippen LogP contribution in [0.4, 0.5) is 0 Å². The predicted molar refractivity (Wildman–Crippen MR) is 95.8 cm³/mol. The van der Waals surface area contributed by atoms with Crippen LogP contribution >= 0.6 is 45.5 Å². The quantitative estimate of drug-likeness (QED) is 0.394. The van der Waals surface area contributed by atoms with E-state index in [0.29, 0.717) is 0 Å². The minimum atomic E-state index is -0.0256. The summed E-state index contributed by atoms with van der Waals surface area (Å²) in [7, 11) is 0. The van der Waals surface area contributed by atoms with Gasteiger partial charge in [-0.15, -0.1) is 22.9 Å². The van der Waals surface area contributed by atoms with E-state index in [2.05, 4.69) is 64.8 Å². The predicted octanol–water partition coefficient (Wildman–Crippen LogP) is 5.73. The molecule has 20 heavy (non-hydrogen) atoms. The number of nitrogens with zero attached hydrogens (tertiary/aromatic N) is 1. The molecule has 2 aromatic carbocycles. The highest BCUT2D eigenvalue weighted by Gasteiger charge is 2.15. The van der Waals surface area contributed by atoms with E-state index in [1.807, 2.05) is 12.1 Å². The number of hydrogen-bond acceptors (Lipinski definition) is 2. The van der Waals surface area contributed by atoms with Gasteiger partial charge in [-0.1, -0.05) is 30.3 Å². The lowest BCUT2D eigenvalue weighted by atomic mass is 10.1. The molecule has 0 radical (unpaired) electrons. The van der Waals surface area contributed by atoms with Gasteiger partial charge in [0, 0.05) is 9.99 Å². The Hall–Kier alpha value is -0.650. The van der Waals surface area contributed by atoms with Crippen LogP contribution < -0.4 is 0 Å². The second-order valence-electron chi connectivity index (χ2n) is 4.73. The molecule has 0 spiro atoms. The van der Waals surface area contributed by atoms with Gasteiger partial charge in [0.2, 0.25) is 0 Å². The Morgan fingerprint density at radius 1 is 1.20 bits per heavy atom. The summed E-state index contributed by atoms with van der Waals surface area (Å²) in [6, 6.07) is 14.5. The Kier molecular flexibility index (Phi) is 4.29. The summed E-state index contributed by atoms with van der Waals surface area (Å²) in [4.78, 5) is 4.66. The molecular formula is C16H13ClINS. The van der Waals surface area contributed by atoms with Crippen LogP contribution in [-0.4, -0.2) is 4.98 Å². The molecule has 0 aliphatic rings. The van der Waals surface area contributed by atoms with Crippen LogP contribution in [-0.2, 0) is 6.42 Å². The van der Waals surface area contributed by atoms with Crippen molar-refractivity contribution in [3.8, 4) is 0 Å². The van der Waals surface area contributed by atoms with Crippen molar-refractivity contribution in [1.29, 1.82) is 0 Å². The molecule has 0 amide bonds. The summed E-state index contributed by atoms with van der Waals surface area (Å²) in [6.07, 6.45) is 0.778. The molecule has 0 aliphatic heterocycles. The van der Waals surface area contributed by atoms with E-state index in [0.717, 1.165) is 16.9 Å². The molecule has 1 nitrogen and oxygen atoms in total. The maximum Gasteiger partial charge on any atom is 0.0956 e. The number of alkyl halides is 1. The summed E-state index contributed by atoms with van der Waals surface area (Å²) in [5.74, 6) is 0. The molecule has 0 saturated carbocycles. The average Bonchev–Trinajstić information content (AvgIpc) is 2.83. The van der Waals surface area contributed by atoms with Crippen molar-refractivity contribution in [1.82, 2.24) is 4.98 Å². The summed E-state index contributed by atoms with van der Waals surface area (Å²) >= 11 is 10.7. The van der Waals surface area contributed by atoms with Gasteiger partial charge in [0.25, 0.3) is 0 Å². The molecule has 0 fully saturated rings. The Labute approximate surface area is 141 Å². The third kappa shape index (κ3) is 2.85. The zero-order valence-corrected chi connectivity index (χ0v) is 14.7. The molecule has 3 rings (SSSR count). The Bertz CT molecular complexity index is 720. The standard InChI is InChI=1S/C16H13ClINS/c1-10-5-4-6-11(16(10)18)12(17)9-15-19-13-7-2-3-8-14(13)20-15/h2-8,12H,9H2,1H3. The Balaban J connectivity index is 1.88. The normalized spacial score (nSPS) is 12.8. The van der Waals surface area contributed by atoms with E-state index in [1.165, 1.54) is 19.4 Å². The topological polar surface area (TPSA) is 12.9 Å². The lowest BCUT2D eigenvalue weighted by Gasteiger charge is -2.12. The number of fused-ring (bicyclic) bond motifs is 1. The van der Waals surface area contributed by atoms with E-state index in [-0.39, 0.29) is 5.38 Å². The number of thiazole rings is 1. The maximum atomic E-state index is 6.61. The van der Waals surface area contributed by atoms with Crippen LogP contribution in [0.5, 0.6) is 0 Å². The SMILES string of the molecule is Cc1cccc(C(Cl)Cc2nc3ccccc3s2)c1I. The zero-order chi connectivity index (χ0) is 14.1. The molecule has 0 bridgehead atoms. The highest BCUT2D eigenvalue weighted by Crippen LogP contribution is 2.32. The minimum Gasteiger partial charge on any atom is -0.241 e. The summed E-state index contributed by atoms with van der Waals surface area (Å²) in [5, 5.41) is 1.07. The van der Waals surface area contributed by atoms with Crippen molar-refractivity contribution in [3.63, 3.8) is 0 Å². The third-order valence-electron chi connectivity index (χ3n) is 3.25. The summed E-state index contributed by atoms with van der Waals surface area (Å²) in [5.41, 5.74) is 3.54. The second-order valence-corrected chi connectivity index (χ2v) is 7.45. The van der Waals surface area contributed by atoms with Gasteiger partial charge in [0.15, 0.2) is 0 Å². The Morgan fingerprint density at radius 2 is 2.00 bits per heavy atom. The Morgan fingerprint density at radius 3 is 2.80 bits per heavy atom. The second kappa shape index (κ2) is 6.00. The highest BCUT2D eigenvalue weighted by atomic mass is 127. The maximum absolute atomic E-state index is 6.61. The summed E-state index contributed by atoms with van der Waals surface area (Å²) in [6.45, 7) is 2.12. The molecule has 1 heterocycles. The number of hydrogen-bond donors (Lipinski definition) is 0. The van der Waals surface area contributed by atoms with Gasteiger partial charge in [-0.3, -0.25) is 0 Å². The molecular weight excluding hydrogens is 401 g/mol. The number of aryl methyl sites for hydroxylation is 1. The van der Waals surface area contributed by atoms with Crippen molar-refractivity contribution >= 4 is 55.7 Å². The number of para-hydroxylation sites is 1. The molecule has 3 aromatic rings. The van der Waals surface area contributed by atoms with E-state index >= 15 is 0 Å². The first-order valence-electron chi connectivity index (χ1n) is 6.38. The van der Waals surface area contributed by atoms with E-state index in [1.54, 1.807) is 11.3 Å². The van der Waals surface area contributed by atoms with Gasteiger partial charge in [-0.05, 0) is 52.8 Å². The van der Waals surface area contributed by atoms with Crippen molar-refractivity contribution in [2.75, 3.05) is 0 Å². The van der Waals surface area contributed by atoms with Crippen molar-refractivity contribution in [2.24, 2.45) is 0 Å². The molecule has 1 aromatic heterocycles. The molecule has 1 unspecified atom stereocenters. The average molecular weight is 414 g/mol.